The predicted octanol–water partition coefficient (Wildman–Crippen LogP) is 2.69. The Morgan fingerprint density at radius 1 is 1.33 bits per heavy atom. The molecular weight excluding hydrogens is 230 g/mol. The fraction of sp³-hybridized carbons (Fsp3) is 0.571. The fourth-order valence-electron chi connectivity index (χ4n) is 2.79. The van der Waals surface area contributed by atoms with Crippen LogP contribution in [0.2, 0.25) is 0 Å². The van der Waals surface area contributed by atoms with Gasteiger partial charge in [-0.15, -0.1) is 0 Å². The van der Waals surface area contributed by atoms with E-state index in [1.807, 2.05) is 6.92 Å². The number of carbonyl (C=O) groups is 1. The van der Waals surface area contributed by atoms with E-state index < -0.39 is 5.97 Å². The summed E-state index contributed by atoms with van der Waals surface area (Å²) < 4.78 is 1.58. The maximum atomic E-state index is 11.8. The molecule has 1 fully saturated rings. The van der Waals surface area contributed by atoms with Crippen LogP contribution in [-0.2, 0) is 0 Å². The number of nitrogens with zero attached hydrogens (tertiary/aromatic N) is 1. The van der Waals surface area contributed by atoms with Crippen LogP contribution in [-0.4, -0.2) is 15.6 Å². The summed E-state index contributed by atoms with van der Waals surface area (Å²) in [5, 5.41) is 8.98. The number of hydrogen-bond donors (Lipinski definition) is 1. The van der Waals surface area contributed by atoms with Crippen molar-refractivity contribution in [1.29, 1.82) is 0 Å². The van der Waals surface area contributed by atoms with E-state index in [1.54, 1.807) is 4.57 Å². The Balaban J connectivity index is 2.28. The second-order valence-electron chi connectivity index (χ2n) is 5.11. The van der Waals surface area contributed by atoms with E-state index in [-0.39, 0.29) is 17.2 Å². The number of aromatic nitrogens is 1. The van der Waals surface area contributed by atoms with Gasteiger partial charge in [-0.1, -0.05) is 19.3 Å². The second-order valence-corrected chi connectivity index (χ2v) is 5.11. The highest BCUT2D eigenvalue weighted by atomic mass is 16.4. The lowest BCUT2D eigenvalue weighted by Gasteiger charge is -2.29. The summed E-state index contributed by atoms with van der Waals surface area (Å²) in [5.74, 6) is -0.500. The molecule has 0 radical (unpaired) electrons. The number of rotatable bonds is 3. The number of carboxylic acids is 1. The van der Waals surface area contributed by atoms with Crippen molar-refractivity contribution in [3.05, 3.63) is 34.2 Å². The fourth-order valence-corrected chi connectivity index (χ4v) is 2.79. The minimum atomic E-state index is -0.986. The van der Waals surface area contributed by atoms with Crippen molar-refractivity contribution in [1.82, 2.24) is 4.57 Å². The lowest BCUT2D eigenvalue weighted by Crippen LogP contribution is -2.29. The molecule has 1 unspecified atom stereocenters. The van der Waals surface area contributed by atoms with E-state index in [1.165, 1.54) is 37.6 Å². The zero-order chi connectivity index (χ0) is 13.1. The SMILES string of the molecule is CC(C1CCCCC1)n1cc(C(=O)O)ccc1=O. The van der Waals surface area contributed by atoms with Crippen molar-refractivity contribution >= 4 is 5.97 Å². The quantitative estimate of drug-likeness (QED) is 0.896. The molecule has 98 valence electrons. The van der Waals surface area contributed by atoms with E-state index >= 15 is 0 Å². The first-order valence-corrected chi connectivity index (χ1v) is 6.55. The molecule has 0 bridgehead atoms. The molecule has 1 saturated carbocycles. The summed E-state index contributed by atoms with van der Waals surface area (Å²) in [7, 11) is 0. The molecule has 1 aromatic rings. The molecule has 1 aliphatic carbocycles. The van der Waals surface area contributed by atoms with Crippen molar-refractivity contribution in [2.45, 2.75) is 45.1 Å². The number of pyridine rings is 1. The van der Waals surface area contributed by atoms with Gasteiger partial charge < -0.3 is 9.67 Å². The molecule has 0 amide bonds. The van der Waals surface area contributed by atoms with Crippen molar-refractivity contribution in [2.75, 3.05) is 0 Å². The van der Waals surface area contributed by atoms with Crippen LogP contribution in [0.25, 0.3) is 0 Å². The summed E-state index contributed by atoms with van der Waals surface area (Å²) in [6.45, 7) is 2.02. The highest BCUT2D eigenvalue weighted by molar-refractivity contribution is 5.87. The number of carboxylic acid groups (broad SMARTS) is 1. The minimum Gasteiger partial charge on any atom is -0.478 e. The largest absolute Gasteiger partial charge is 0.478 e. The summed E-state index contributed by atoms with van der Waals surface area (Å²) in [6, 6.07) is 2.80. The normalized spacial score (nSPS) is 18.5. The summed E-state index contributed by atoms with van der Waals surface area (Å²) in [4.78, 5) is 22.8. The summed E-state index contributed by atoms with van der Waals surface area (Å²) >= 11 is 0. The van der Waals surface area contributed by atoms with Crippen molar-refractivity contribution in [3.8, 4) is 0 Å². The van der Waals surface area contributed by atoms with Gasteiger partial charge in [-0.2, -0.15) is 0 Å². The van der Waals surface area contributed by atoms with Gasteiger partial charge in [0.2, 0.25) is 0 Å². The van der Waals surface area contributed by atoms with Crippen LogP contribution >= 0.6 is 0 Å². The molecule has 0 aromatic carbocycles. The van der Waals surface area contributed by atoms with Gasteiger partial charge >= 0.3 is 5.97 Å². The first-order valence-electron chi connectivity index (χ1n) is 6.55. The van der Waals surface area contributed by atoms with E-state index in [2.05, 4.69) is 0 Å². The molecule has 0 saturated heterocycles. The predicted molar refractivity (Wildman–Crippen MR) is 68.9 cm³/mol. The molecule has 1 aromatic heterocycles. The zero-order valence-electron chi connectivity index (χ0n) is 10.6. The molecule has 0 aliphatic heterocycles. The third kappa shape index (κ3) is 2.63. The molecule has 1 heterocycles. The van der Waals surface area contributed by atoms with Gasteiger partial charge in [0, 0.05) is 18.3 Å². The van der Waals surface area contributed by atoms with Gasteiger partial charge in [0.05, 0.1) is 5.56 Å². The smallest absolute Gasteiger partial charge is 0.337 e. The number of hydrogen-bond acceptors (Lipinski definition) is 2. The lowest BCUT2D eigenvalue weighted by molar-refractivity contribution is 0.0695. The molecule has 4 heteroatoms. The van der Waals surface area contributed by atoms with Crippen LogP contribution in [0.1, 0.15) is 55.4 Å². The highest BCUT2D eigenvalue weighted by Crippen LogP contribution is 2.31. The van der Waals surface area contributed by atoms with Crippen LogP contribution in [0, 0.1) is 5.92 Å². The van der Waals surface area contributed by atoms with Gasteiger partial charge in [0.15, 0.2) is 0 Å². The Labute approximate surface area is 106 Å². The van der Waals surface area contributed by atoms with Crippen LogP contribution in [0.3, 0.4) is 0 Å². The number of aromatic carboxylic acids is 1. The average Bonchev–Trinajstić information content (AvgIpc) is 2.39. The van der Waals surface area contributed by atoms with Crippen molar-refractivity contribution in [3.63, 3.8) is 0 Å². The van der Waals surface area contributed by atoms with E-state index in [9.17, 15) is 9.59 Å². The molecule has 0 spiro atoms. The van der Waals surface area contributed by atoms with Gasteiger partial charge in [-0.3, -0.25) is 4.79 Å². The van der Waals surface area contributed by atoms with Crippen molar-refractivity contribution in [2.24, 2.45) is 5.92 Å². The maximum Gasteiger partial charge on any atom is 0.337 e. The second kappa shape index (κ2) is 5.38. The van der Waals surface area contributed by atoms with E-state index in [0.717, 1.165) is 12.8 Å². The summed E-state index contributed by atoms with van der Waals surface area (Å²) in [6.07, 6.45) is 7.43. The van der Waals surface area contributed by atoms with Crippen LogP contribution < -0.4 is 5.56 Å². The molecule has 18 heavy (non-hydrogen) atoms. The zero-order valence-corrected chi connectivity index (χ0v) is 10.6. The Hall–Kier alpha value is -1.58. The van der Waals surface area contributed by atoms with Crippen LogP contribution in [0.5, 0.6) is 0 Å². The molecule has 2 rings (SSSR count). The van der Waals surface area contributed by atoms with Crippen LogP contribution in [0.4, 0.5) is 0 Å². The molecular formula is C14H19NO3. The Morgan fingerprint density at radius 3 is 2.61 bits per heavy atom. The standard InChI is InChI=1S/C14H19NO3/c1-10(11-5-3-2-4-6-11)15-9-12(14(17)18)7-8-13(15)16/h7-11H,2-6H2,1H3,(H,17,18). The van der Waals surface area contributed by atoms with Gasteiger partial charge in [0.25, 0.3) is 5.56 Å². The maximum absolute atomic E-state index is 11.8. The van der Waals surface area contributed by atoms with E-state index in [4.69, 9.17) is 5.11 Å². The minimum absolute atomic E-state index is 0.0806. The molecule has 4 nitrogen and oxygen atoms in total. The Morgan fingerprint density at radius 2 is 2.00 bits per heavy atom. The highest BCUT2D eigenvalue weighted by Gasteiger charge is 2.22. The third-order valence-electron chi connectivity index (χ3n) is 3.96. The topological polar surface area (TPSA) is 59.3 Å². The van der Waals surface area contributed by atoms with E-state index in [0.29, 0.717) is 5.92 Å². The average molecular weight is 249 g/mol. The third-order valence-corrected chi connectivity index (χ3v) is 3.96. The van der Waals surface area contributed by atoms with Crippen LogP contribution in [0.15, 0.2) is 23.1 Å². The van der Waals surface area contributed by atoms with Crippen molar-refractivity contribution < 1.29 is 9.90 Å². The monoisotopic (exact) mass is 249 g/mol. The first kappa shape index (κ1) is 12.9. The first-order chi connectivity index (χ1) is 8.59. The lowest BCUT2D eigenvalue weighted by atomic mass is 9.84. The molecule has 1 atom stereocenters. The Kier molecular flexibility index (Phi) is 3.84. The van der Waals surface area contributed by atoms with Gasteiger partial charge in [-0.05, 0) is 31.7 Å². The Bertz CT molecular complexity index is 486. The molecule has 1 aliphatic rings. The van der Waals surface area contributed by atoms with Gasteiger partial charge in [-0.25, -0.2) is 4.79 Å². The summed E-state index contributed by atoms with van der Waals surface area (Å²) in [5.41, 5.74) is 0.0651. The van der Waals surface area contributed by atoms with Gasteiger partial charge in [0.1, 0.15) is 0 Å². The molecule has 1 N–H and O–H groups in total.